The lowest BCUT2D eigenvalue weighted by Gasteiger charge is -2.17. The molecule has 0 aliphatic heterocycles. The number of aryl methyl sites for hydroxylation is 1. The van der Waals surface area contributed by atoms with Crippen LogP contribution in [0.5, 0.6) is 0 Å². The first-order valence-corrected chi connectivity index (χ1v) is 7.08. The van der Waals surface area contributed by atoms with Gasteiger partial charge in [0, 0.05) is 18.6 Å². The van der Waals surface area contributed by atoms with Gasteiger partial charge in [-0.3, -0.25) is 9.97 Å². The summed E-state index contributed by atoms with van der Waals surface area (Å²) in [5, 5.41) is 5.42. The van der Waals surface area contributed by atoms with Gasteiger partial charge in [0.2, 0.25) is 0 Å². The van der Waals surface area contributed by atoms with E-state index < -0.39 is 0 Å². The lowest BCUT2D eigenvalue weighted by atomic mass is 10.0. The number of pyridine rings is 2. The van der Waals surface area contributed by atoms with E-state index >= 15 is 0 Å². The second kappa shape index (κ2) is 5.07. The van der Waals surface area contributed by atoms with Gasteiger partial charge in [-0.05, 0) is 48.2 Å². The Kier molecular flexibility index (Phi) is 3.27. The van der Waals surface area contributed by atoms with Gasteiger partial charge in [-0.2, -0.15) is 0 Å². The SMILES string of the molecule is CNC(c1cncc(C)c1)c1cnc2ccsc2c1. The number of nitrogens with zero attached hydrogens (tertiary/aromatic N) is 2. The van der Waals surface area contributed by atoms with Gasteiger partial charge in [0.25, 0.3) is 0 Å². The summed E-state index contributed by atoms with van der Waals surface area (Å²) in [4.78, 5) is 8.78. The number of aromatic nitrogens is 2. The number of fused-ring (bicyclic) bond motifs is 1. The Morgan fingerprint density at radius 2 is 2.00 bits per heavy atom. The summed E-state index contributed by atoms with van der Waals surface area (Å²) in [7, 11) is 1.96. The molecule has 3 nitrogen and oxygen atoms in total. The number of hydrogen-bond donors (Lipinski definition) is 1. The van der Waals surface area contributed by atoms with E-state index in [9.17, 15) is 0 Å². The van der Waals surface area contributed by atoms with Crippen LogP contribution < -0.4 is 5.32 Å². The van der Waals surface area contributed by atoms with Crippen molar-refractivity contribution in [3.8, 4) is 0 Å². The molecule has 0 aliphatic carbocycles. The Morgan fingerprint density at radius 1 is 1.16 bits per heavy atom. The van der Waals surface area contributed by atoms with E-state index in [0.717, 1.165) is 5.52 Å². The lowest BCUT2D eigenvalue weighted by molar-refractivity contribution is 0.686. The van der Waals surface area contributed by atoms with E-state index in [1.165, 1.54) is 21.4 Å². The fraction of sp³-hybridized carbons (Fsp3) is 0.200. The molecule has 0 aromatic carbocycles. The van der Waals surface area contributed by atoms with E-state index in [1.54, 1.807) is 11.3 Å². The highest BCUT2D eigenvalue weighted by atomic mass is 32.1. The van der Waals surface area contributed by atoms with Crippen LogP contribution in [0.3, 0.4) is 0 Å². The van der Waals surface area contributed by atoms with Crippen LogP contribution in [0, 0.1) is 6.92 Å². The Labute approximate surface area is 116 Å². The predicted molar refractivity (Wildman–Crippen MR) is 79.5 cm³/mol. The fourth-order valence-electron chi connectivity index (χ4n) is 2.28. The third kappa shape index (κ3) is 2.37. The Balaban J connectivity index is 2.06. The monoisotopic (exact) mass is 269 g/mol. The Morgan fingerprint density at radius 3 is 2.79 bits per heavy atom. The highest BCUT2D eigenvalue weighted by Gasteiger charge is 2.13. The molecule has 3 heterocycles. The summed E-state index contributed by atoms with van der Waals surface area (Å²) in [5.41, 5.74) is 4.57. The molecule has 0 bridgehead atoms. The maximum Gasteiger partial charge on any atom is 0.0809 e. The normalized spacial score (nSPS) is 12.7. The van der Waals surface area contributed by atoms with Crippen molar-refractivity contribution in [2.24, 2.45) is 0 Å². The van der Waals surface area contributed by atoms with Crippen LogP contribution in [-0.2, 0) is 0 Å². The van der Waals surface area contributed by atoms with Crippen LogP contribution >= 0.6 is 11.3 Å². The molecule has 0 spiro atoms. The van der Waals surface area contributed by atoms with Gasteiger partial charge >= 0.3 is 0 Å². The summed E-state index contributed by atoms with van der Waals surface area (Å²) in [6.45, 7) is 2.06. The quantitative estimate of drug-likeness (QED) is 0.792. The van der Waals surface area contributed by atoms with Crippen molar-refractivity contribution < 1.29 is 0 Å². The maximum absolute atomic E-state index is 4.51. The van der Waals surface area contributed by atoms with Crippen molar-refractivity contribution in [1.29, 1.82) is 0 Å². The summed E-state index contributed by atoms with van der Waals surface area (Å²) < 4.78 is 1.22. The van der Waals surface area contributed by atoms with Crippen LogP contribution in [0.4, 0.5) is 0 Å². The molecule has 0 aliphatic rings. The zero-order chi connectivity index (χ0) is 13.2. The first-order valence-electron chi connectivity index (χ1n) is 6.20. The van der Waals surface area contributed by atoms with Gasteiger partial charge in [-0.1, -0.05) is 6.07 Å². The molecule has 96 valence electrons. The molecule has 19 heavy (non-hydrogen) atoms. The molecule has 3 aromatic rings. The molecule has 1 N–H and O–H groups in total. The number of hydrogen-bond acceptors (Lipinski definition) is 4. The van der Waals surface area contributed by atoms with Crippen molar-refractivity contribution in [1.82, 2.24) is 15.3 Å². The second-order valence-electron chi connectivity index (χ2n) is 4.59. The Hall–Kier alpha value is -1.78. The first-order chi connectivity index (χ1) is 9.28. The third-order valence-corrected chi connectivity index (χ3v) is 4.03. The molecule has 4 heteroatoms. The second-order valence-corrected chi connectivity index (χ2v) is 5.54. The number of thiophene rings is 1. The average molecular weight is 269 g/mol. The molecular weight excluding hydrogens is 254 g/mol. The molecule has 0 fully saturated rings. The first kappa shape index (κ1) is 12.3. The zero-order valence-corrected chi connectivity index (χ0v) is 11.7. The fourth-order valence-corrected chi connectivity index (χ4v) is 3.07. The van der Waals surface area contributed by atoms with Crippen LogP contribution in [0.1, 0.15) is 22.7 Å². The van der Waals surface area contributed by atoms with Crippen molar-refractivity contribution in [2.45, 2.75) is 13.0 Å². The summed E-state index contributed by atoms with van der Waals surface area (Å²) >= 11 is 1.72. The summed E-state index contributed by atoms with van der Waals surface area (Å²) in [5.74, 6) is 0. The molecule has 1 unspecified atom stereocenters. The molecule has 0 radical (unpaired) electrons. The standard InChI is InChI=1S/C15H15N3S/c1-10-5-11(8-17-7-10)15(16-2)12-6-14-13(18-9-12)3-4-19-14/h3-9,15-16H,1-2H3. The zero-order valence-electron chi connectivity index (χ0n) is 10.9. The molecule has 0 amide bonds. The lowest BCUT2D eigenvalue weighted by Crippen LogP contribution is -2.18. The van der Waals surface area contributed by atoms with Crippen molar-refractivity contribution in [3.05, 3.63) is 58.9 Å². The van der Waals surface area contributed by atoms with E-state index in [2.05, 4.69) is 39.7 Å². The largest absolute Gasteiger partial charge is 0.309 e. The molecule has 3 aromatic heterocycles. The van der Waals surface area contributed by atoms with E-state index in [-0.39, 0.29) is 6.04 Å². The smallest absolute Gasteiger partial charge is 0.0809 e. The van der Waals surface area contributed by atoms with E-state index in [4.69, 9.17) is 0 Å². The maximum atomic E-state index is 4.51. The van der Waals surface area contributed by atoms with Gasteiger partial charge in [0.15, 0.2) is 0 Å². The van der Waals surface area contributed by atoms with E-state index in [1.807, 2.05) is 31.7 Å². The Bertz CT molecular complexity index is 705. The molecule has 1 atom stereocenters. The average Bonchev–Trinajstić information content (AvgIpc) is 2.87. The van der Waals surface area contributed by atoms with Crippen molar-refractivity contribution in [3.63, 3.8) is 0 Å². The summed E-state index contributed by atoms with van der Waals surface area (Å²) in [6.07, 6.45) is 5.72. The van der Waals surface area contributed by atoms with Crippen molar-refractivity contribution in [2.75, 3.05) is 7.05 Å². The topological polar surface area (TPSA) is 37.8 Å². The van der Waals surface area contributed by atoms with Crippen molar-refractivity contribution >= 4 is 21.6 Å². The van der Waals surface area contributed by atoms with Crippen LogP contribution in [-0.4, -0.2) is 17.0 Å². The number of nitrogens with one attached hydrogen (secondary N) is 1. The van der Waals surface area contributed by atoms with Gasteiger partial charge < -0.3 is 5.32 Å². The molecule has 0 saturated carbocycles. The third-order valence-electron chi connectivity index (χ3n) is 3.18. The molecule has 0 saturated heterocycles. The van der Waals surface area contributed by atoms with Gasteiger partial charge in [0.1, 0.15) is 0 Å². The minimum Gasteiger partial charge on any atom is -0.309 e. The molecule has 3 rings (SSSR count). The van der Waals surface area contributed by atoms with Crippen LogP contribution in [0.15, 0.2) is 42.2 Å². The van der Waals surface area contributed by atoms with Crippen LogP contribution in [0.25, 0.3) is 10.2 Å². The van der Waals surface area contributed by atoms with E-state index in [0.29, 0.717) is 0 Å². The van der Waals surface area contributed by atoms with Gasteiger partial charge in [-0.15, -0.1) is 11.3 Å². The van der Waals surface area contributed by atoms with Gasteiger partial charge in [-0.25, -0.2) is 0 Å². The van der Waals surface area contributed by atoms with Crippen LogP contribution in [0.2, 0.25) is 0 Å². The molecular formula is C15H15N3S. The minimum atomic E-state index is 0.131. The highest BCUT2D eigenvalue weighted by Crippen LogP contribution is 2.26. The summed E-state index contributed by atoms with van der Waals surface area (Å²) in [6, 6.07) is 6.54. The van der Waals surface area contributed by atoms with Gasteiger partial charge in [0.05, 0.1) is 16.3 Å². The number of rotatable bonds is 3. The minimum absolute atomic E-state index is 0.131. The highest BCUT2D eigenvalue weighted by molar-refractivity contribution is 7.17. The predicted octanol–water partition coefficient (Wildman–Crippen LogP) is 3.31.